The Morgan fingerprint density at radius 2 is 2.06 bits per heavy atom. The van der Waals surface area contributed by atoms with Gasteiger partial charge in [0.05, 0.1) is 12.8 Å². The molecule has 0 aromatic heterocycles. The number of carbonyl (C=O) groups is 2. The summed E-state index contributed by atoms with van der Waals surface area (Å²) >= 11 is 0. The van der Waals surface area contributed by atoms with E-state index in [4.69, 9.17) is 4.74 Å². The molecule has 0 spiro atoms. The Kier molecular flexibility index (Phi) is 8.01. The first-order valence-electron chi connectivity index (χ1n) is 5.79. The monoisotopic (exact) mass is 252 g/mol. The molecule has 5 heteroatoms. The summed E-state index contributed by atoms with van der Waals surface area (Å²) in [4.78, 5) is 21.1. The highest BCUT2D eigenvalue weighted by Gasteiger charge is 2.03. The average molecular weight is 252 g/mol. The van der Waals surface area contributed by atoms with Crippen LogP contribution in [0.4, 0.5) is 5.69 Å². The first-order chi connectivity index (χ1) is 8.67. The van der Waals surface area contributed by atoms with Gasteiger partial charge < -0.3 is 15.4 Å². The molecule has 1 aromatic rings. The molecule has 0 saturated carbocycles. The van der Waals surface area contributed by atoms with E-state index in [2.05, 4.69) is 10.6 Å². The van der Waals surface area contributed by atoms with Gasteiger partial charge in [-0.25, -0.2) is 0 Å². The Morgan fingerprint density at radius 1 is 1.39 bits per heavy atom. The van der Waals surface area contributed by atoms with Crippen LogP contribution in [0, 0.1) is 0 Å². The van der Waals surface area contributed by atoms with Crippen molar-refractivity contribution >= 4 is 18.0 Å². The zero-order valence-corrected chi connectivity index (χ0v) is 11.2. The molecule has 1 rings (SSSR count). The van der Waals surface area contributed by atoms with E-state index in [1.165, 1.54) is 14.0 Å². The summed E-state index contributed by atoms with van der Waals surface area (Å²) in [7, 11) is 1.53. The first-order valence-corrected chi connectivity index (χ1v) is 5.79. The predicted molar refractivity (Wildman–Crippen MR) is 71.5 cm³/mol. The van der Waals surface area contributed by atoms with E-state index >= 15 is 0 Å². The lowest BCUT2D eigenvalue weighted by atomic mass is 10.2. The van der Waals surface area contributed by atoms with Crippen LogP contribution >= 0.6 is 0 Å². The molecule has 0 radical (unpaired) electrons. The molecule has 0 unspecified atom stereocenters. The van der Waals surface area contributed by atoms with Crippen LogP contribution in [-0.2, 0) is 16.1 Å². The molecule has 0 aliphatic rings. The van der Waals surface area contributed by atoms with Crippen molar-refractivity contribution < 1.29 is 14.3 Å². The van der Waals surface area contributed by atoms with Crippen molar-refractivity contribution in [2.24, 2.45) is 0 Å². The number of amides is 2. The van der Waals surface area contributed by atoms with Gasteiger partial charge in [0.15, 0.2) is 0 Å². The SMILES string of the molecule is CC.COc1ccc(CNC(C)=O)cc1NC=O. The second kappa shape index (κ2) is 9.04. The van der Waals surface area contributed by atoms with Crippen LogP contribution in [0.25, 0.3) is 0 Å². The summed E-state index contributed by atoms with van der Waals surface area (Å²) in [5.41, 5.74) is 1.47. The van der Waals surface area contributed by atoms with E-state index in [-0.39, 0.29) is 5.91 Å². The van der Waals surface area contributed by atoms with Crippen LogP contribution in [0.15, 0.2) is 18.2 Å². The molecular weight excluding hydrogens is 232 g/mol. The van der Waals surface area contributed by atoms with E-state index in [0.29, 0.717) is 24.4 Å². The highest BCUT2D eigenvalue weighted by atomic mass is 16.5. The van der Waals surface area contributed by atoms with E-state index in [1.807, 2.05) is 19.9 Å². The summed E-state index contributed by atoms with van der Waals surface area (Å²) in [6.45, 7) is 5.88. The molecule has 0 fully saturated rings. The number of ether oxygens (including phenoxy) is 1. The molecular formula is C13H20N2O3. The predicted octanol–water partition coefficient (Wildman–Crippen LogP) is 1.93. The van der Waals surface area contributed by atoms with Crippen molar-refractivity contribution in [1.82, 2.24) is 5.32 Å². The maximum Gasteiger partial charge on any atom is 0.217 e. The van der Waals surface area contributed by atoms with Gasteiger partial charge in [-0.15, -0.1) is 0 Å². The molecule has 0 aliphatic heterocycles. The van der Waals surface area contributed by atoms with Gasteiger partial charge in [-0.05, 0) is 17.7 Å². The molecule has 5 nitrogen and oxygen atoms in total. The Labute approximate surface area is 108 Å². The molecule has 18 heavy (non-hydrogen) atoms. The third-order valence-electron chi connectivity index (χ3n) is 2.02. The van der Waals surface area contributed by atoms with Crippen molar-refractivity contribution in [2.75, 3.05) is 12.4 Å². The van der Waals surface area contributed by atoms with Crippen molar-refractivity contribution in [3.8, 4) is 5.75 Å². The third-order valence-corrected chi connectivity index (χ3v) is 2.02. The van der Waals surface area contributed by atoms with Gasteiger partial charge in [0, 0.05) is 13.5 Å². The zero-order chi connectivity index (χ0) is 14.0. The summed E-state index contributed by atoms with van der Waals surface area (Å²) in [5.74, 6) is 0.486. The quantitative estimate of drug-likeness (QED) is 0.787. The van der Waals surface area contributed by atoms with Gasteiger partial charge >= 0.3 is 0 Å². The van der Waals surface area contributed by atoms with E-state index < -0.39 is 0 Å². The van der Waals surface area contributed by atoms with Crippen LogP contribution < -0.4 is 15.4 Å². The number of hydrogen-bond acceptors (Lipinski definition) is 3. The molecule has 0 aliphatic carbocycles. The van der Waals surface area contributed by atoms with Crippen LogP contribution in [0.1, 0.15) is 26.3 Å². The van der Waals surface area contributed by atoms with Crippen LogP contribution in [0.5, 0.6) is 5.75 Å². The number of methoxy groups -OCH3 is 1. The lowest BCUT2D eigenvalue weighted by Crippen LogP contribution is -2.18. The smallest absolute Gasteiger partial charge is 0.217 e. The summed E-state index contributed by atoms with van der Waals surface area (Å²) in [5, 5.41) is 5.21. The Morgan fingerprint density at radius 3 is 2.56 bits per heavy atom. The normalized spacial score (nSPS) is 8.67. The fourth-order valence-corrected chi connectivity index (χ4v) is 1.27. The highest BCUT2D eigenvalue weighted by Crippen LogP contribution is 2.24. The van der Waals surface area contributed by atoms with Crippen molar-refractivity contribution in [1.29, 1.82) is 0 Å². The van der Waals surface area contributed by atoms with Crippen LogP contribution in [0.2, 0.25) is 0 Å². The number of nitrogens with one attached hydrogen (secondary N) is 2. The van der Waals surface area contributed by atoms with Crippen molar-refractivity contribution in [3.05, 3.63) is 23.8 Å². The molecule has 0 saturated heterocycles. The fraction of sp³-hybridized carbons (Fsp3) is 0.385. The minimum Gasteiger partial charge on any atom is -0.495 e. The largest absolute Gasteiger partial charge is 0.495 e. The van der Waals surface area contributed by atoms with Crippen molar-refractivity contribution in [2.45, 2.75) is 27.3 Å². The van der Waals surface area contributed by atoms with Crippen molar-refractivity contribution in [3.63, 3.8) is 0 Å². The van der Waals surface area contributed by atoms with E-state index in [0.717, 1.165) is 5.56 Å². The van der Waals surface area contributed by atoms with Gasteiger partial charge in [-0.1, -0.05) is 19.9 Å². The summed E-state index contributed by atoms with van der Waals surface area (Å²) < 4.78 is 5.07. The molecule has 0 atom stereocenters. The van der Waals surface area contributed by atoms with E-state index in [1.54, 1.807) is 12.1 Å². The number of anilines is 1. The molecule has 1 aromatic carbocycles. The average Bonchev–Trinajstić information content (AvgIpc) is 2.39. The maximum atomic E-state index is 10.7. The fourth-order valence-electron chi connectivity index (χ4n) is 1.27. The molecule has 2 N–H and O–H groups in total. The Hall–Kier alpha value is -2.04. The number of benzene rings is 1. The first kappa shape index (κ1) is 16.0. The molecule has 0 bridgehead atoms. The lowest BCUT2D eigenvalue weighted by molar-refractivity contribution is -0.119. The minimum absolute atomic E-state index is 0.0966. The number of carbonyl (C=O) groups excluding carboxylic acids is 2. The zero-order valence-electron chi connectivity index (χ0n) is 11.2. The van der Waals surface area contributed by atoms with Gasteiger partial charge in [-0.2, -0.15) is 0 Å². The van der Waals surface area contributed by atoms with Gasteiger partial charge in [0.1, 0.15) is 5.75 Å². The van der Waals surface area contributed by atoms with Crippen LogP contribution in [0.3, 0.4) is 0 Å². The van der Waals surface area contributed by atoms with Gasteiger partial charge in [-0.3, -0.25) is 9.59 Å². The second-order valence-corrected chi connectivity index (χ2v) is 3.21. The van der Waals surface area contributed by atoms with Gasteiger partial charge in [0.2, 0.25) is 12.3 Å². The Bertz CT molecular complexity index is 392. The minimum atomic E-state index is -0.0966. The summed E-state index contributed by atoms with van der Waals surface area (Å²) in [6.07, 6.45) is 0.583. The lowest BCUT2D eigenvalue weighted by Gasteiger charge is -2.09. The molecule has 2 amide bonds. The summed E-state index contributed by atoms with van der Waals surface area (Å²) in [6, 6.07) is 5.32. The maximum absolute atomic E-state index is 10.7. The molecule has 100 valence electrons. The Balaban J connectivity index is 0.00000137. The standard InChI is InChI=1S/C11H14N2O3.C2H6/c1-8(15)12-6-9-3-4-11(16-2)10(5-9)13-7-14;1-2/h3-5,7H,6H2,1-2H3,(H,12,15)(H,13,14);1-2H3. The second-order valence-electron chi connectivity index (χ2n) is 3.21. The molecule has 0 heterocycles. The highest BCUT2D eigenvalue weighted by molar-refractivity contribution is 5.76. The third kappa shape index (κ3) is 5.34. The van der Waals surface area contributed by atoms with E-state index in [9.17, 15) is 9.59 Å². The van der Waals surface area contributed by atoms with Crippen LogP contribution in [-0.4, -0.2) is 19.4 Å². The topological polar surface area (TPSA) is 67.4 Å². The number of hydrogen-bond donors (Lipinski definition) is 2. The van der Waals surface area contributed by atoms with Gasteiger partial charge in [0.25, 0.3) is 0 Å². The number of rotatable bonds is 5.